The number of fused-ring (bicyclic) bond motifs is 1. The van der Waals surface area contributed by atoms with E-state index in [-0.39, 0.29) is 18.1 Å². The van der Waals surface area contributed by atoms with E-state index in [1.165, 1.54) is 17.7 Å². The van der Waals surface area contributed by atoms with Crippen LogP contribution in [0.3, 0.4) is 0 Å². The molecule has 0 unspecified atom stereocenters. The van der Waals surface area contributed by atoms with E-state index in [0.29, 0.717) is 6.04 Å². The van der Waals surface area contributed by atoms with Crippen LogP contribution in [0.15, 0.2) is 17.5 Å². The maximum atomic E-state index is 12.2. The topological polar surface area (TPSA) is 41.6 Å². The van der Waals surface area contributed by atoms with Gasteiger partial charge in [-0.25, -0.2) is 0 Å². The van der Waals surface area contributed by atoms with Gasteiger partial charge in [0, 0.05) is 37.0 Å². The third kappa shape index (κ3) is 3.00. The molecule has 1 amide bonds. The quantitative estimate of drug-likeness (QED) is 0.905. The Balaban J connectivity index is 1.32. The van der Waals surface area contributed by atoms with Gasteiger partial charge in [0.25, 0.3) is 0 Å². The van der Waals surface area contributed by atoms with Gasteiger partial charge in [0.1, 0.15) is 6.10 Å². The summed E-state index contributed by atoms with van der Waals surface area (Å²) in [5, 5.41) is 5.18. The SMILES string of the molecule is O=C(NCC1CC1)[C@@H]1C[C@@H]2[C@@H](CCN2Cc2cccs2)O1. The van der Waals surface area contributed by atoms with Crippen LogP contribution in [0.25, 0.3) is 0 Å². The summed E-state index contributed by atoms with van der Waals surface area (Å²) in [4.78, 5) is 16.1. The summed E-state index contributed by atoms with van der Waals surface area (Å²) in [5.74, 6) is 0.831. The van der Waals surface area contributed by atoms with Crippen molar-refractivity contribution in [1.82, 2.24) is 10.2 Å². The molecule has 0 bridgehead atoms. The molecule has 1 N–H and O–H groups in total. The number of hydrogen-bond donors (Lipinski definition) is 1. The van der Waals surface area contributed by atoms with Gasteiger partial charge in [0.15, 0.2) is 0 Å². The van der Waals surface area contributed by atoms with Crippen molar-refractivity contribution in [3.05, 3.63) is 22.4 Å². The number of ether oxygens (including phenoxy) is 1. The largest absolute Gasteiger partial charge is 0.363 e. The highest BCUT2D eigenvalue weighted by Gasteiger charge is 2.45. The maximum Gasteiger partial charge on any atom is 0.249 e. The van der Waals surface area contributed by atoms with Gasteiger partial charge in [-0.2, -0.15) is 0 Å². The number of thiophene rings is 1. The lowest BCUT2D eigenvalue weighted by Gasteiger charge is -2.21. The number of carbonyl (C=O) groups is 1. The first-order valence-electron chi connectivity index (χ1n) is 7.99. The van der Waals surface area contributed by atoms with Crippen molar-refractivity contribution >= 4 is 17.2 Å². The van der Waals surface area contributed by atoms with E-state index in [0.717, 1.165) is 38.4 Å². The summed E-state index contributed by atoms with van der Waals surface area (Å²) in [5.41, 5.74) is 0. The summed E-state index contributed by atoms with van der Waals surface area (Å²) in [6, 6.07) is 4.71. The molecule has 2 saturated heterocycles. The Kier molecular flexibility index (Phi) is 3.73. The van der Waals surface area contributed by atoms with Crippen molar-refractivity contribution in [2.45, 2.75) is 50.5 Å². The molecule has 5 heteroatoms. The van der Waals surface area contributed by atoms with Crippen LogP contribution in [0.2, 0.25) is 0 Å². The highest BCUT2D eigenvalue weighted by atomic mass is 32.1. The number of hydrogen-bond acceptors (Lipinski definition) is 4. The van der Waals surface area contributed by atoms with Gasteiger partial charge < -0.3 is 10.1 Å². The molecule has 114 valence electrons. The molecule has 3 heterocycles. The van der Waals surface area contributed by atoms with Crippen LogP contribution in [-0.4, -0.2) is 42.1 Å². The Hall–Kier alpha value is -0.910. The molecule has 2 aliphatic heterocycles. The minimum absolute atomic E-state index is 0.104. The van der Waals surface area contributed by atoms with Crippen LogP contribution in [0.5, 0.6) is 0 Å². The molecule has 0 aromatic carbocycles. The number of carbonyl (C=O) groups excluding carboxylic acids is 1. The van der Waals surface area contributed by atoms with E-state index in [9.17, 15) is 4.79 Å². The molecule has 1 aliphatic carbocycles. The zero-order valence-electron chi connectivity index (χ0n) is 12.2. The number of rotatable bonds is 5. The second-order valence-corrected chi connectivity index (χ2v) is 7.53. The molecular weight excluding hydrogens is 284 g/mol. The van der Waals surface area contributed by atoms with Gasteiger partial charge in [0.05, 0.1) is 6.10 Å². The fraction of sp³-hybridized carbons (Fsp3) is 0.688. The smallest absolute Gasteiger partial charge is 0.249 e. The molecular formula is C16H22N2O2S. The molecule has 3 atom stereocenters. The predicted octanol–water partition coefficient (Wildman–Crippen LogP) is 2.01. The Morgan fingerprint density at radius 2 is 2.33 bits per heavy atom. The van der Waals surface area contributed by atoms with E-state index in [2.05, 4.69) is 27.7 Å². The average Bonchev–Trinajstić information content (AvgIpc) is 2.90. The number of likely N-dealkylation sites (tertiary alicyclic amines) is 1. The normalized spacial score (nSPS) is 32.3. The lowest BCUT2D eigenvalue weighted by molar-refractivity contribution is -0.132. The van der Waals surface area contributed by atoms with E-state index in [1.54, 1.807) is 0 Å². The van der Waals surface area contributed by atoms with Gasteiger partial charge in [0.2, 0.25) is 5.91 Å². The molecule has 0 radical (unpaired) electrons. The third-order valence-corrected chi connectivity index (χ3v) is 5.75. The van der Waals surface area contributed by atoms with Gasteiger partial charge in [-0.3, -0.25) is 9.69 Å². The van der Waals surface area contributed by atoms with Crippen molar-refractivity contribution in [2.75, 3.05) is 13.1 Å². The Labute approximate surface area is 129 Å². The second kappa shape index (κ2) is 5.71. The Bertz CT molecular complexity index is 500. The van der Waals surface area contributed by atoms with E-state index >= 15 is 0 Å². The van der Waals surface area contributed by atoms with Crippen LogP contribution in [0.4, 0.5) is 0 Å². The molecule has 4 nitrogen and oxygen atoms in total. The molecule has 1 aromatic heterocycles. The van der Waals surface area contributed by atoms with E-state index in [4.69, 9.17) is 4.74 Å². The number of nitrogens with one attached hydrogen (secondary N) is 1. The Morgan fingerprint density at radius 1 is 1.43 bits per heavy atom. The fourth-order valence-electron chi connectivity index (χ4n) is 3.48. The first kappa shape index (κ1) is 13.7. The summed E-state index contributed by atoms with van der Waals surface area (Å²) in [6.45, 7) is 2.93. The molecule has 1 saturated carbocycles. The molecule has 3 aliphatic rings. The minimum atomic E-state index is -0.232. The summed E-state index contributed by atoms with van der Waals surface area (Å²) in [6.07, 6.45) is 4.47. The monoisotopic (exact) mass is 306 g/mol. The molecule has 3 fully saturated rings. The highest BCUT2D eigenvalue weighted by Crippen LogP contribution is 2.34. The standard InChI is InChI=1S/C16H22N2O2S/c19-16(17-9-11-3-4-11)15-8-13-14(20-15)5-6-18(13)10-12-2-1-7-21-12/h1-2,7,11,13-15H,3-6,8-10H2,(H,17,19)/t13-,14-,15+/m1/s1. The van der Waals surface area contributed by atoms with Gasteiger partial charge in [-0.15, -0.1) is 11.3 Å². The van der Waals surface area contributed by atoms with Crippen LogP contribution in [0.1, 0.15) is 30.6 Å². The fourth-order valence-corrected chi connectivity index (χ4v) is 4.21. The predicted molar refractivity (Wildman–Crippen MR) is 82.1 cm³/mol. The van der Waals surface area contributed by atoms with Crippen molar-refractivity contribution in [2.24, 2.45) is 5.92 Å². The van der Waals surface area contributed by atoms with Crippen molar-refractivity contribution < 1.29 is 9.53 Å². The minimum Gasteiger partial charge on any atom is -0.363 e. The molecule has 21 heavy (non-hydrogen) atoms. The number of nitrogens with zero attached hydrogens (tertiary/aromatic N) is 1. The first-order chi connectivity index (χ1) is 10.3. The van der Waals surface area contributed by atoms with Crippen molar-refractivity contribution in [3.63, 3.8) is 0 Å². The molecule has 0 spiro atoms. The zero-order valence-corrected chi connectivity index (χ0v) is 13.0. The maximum absolute atomic E-state index is 12.2. The summed E-state index contributed by atoms with van der Waals surface area (Å²) >= 11 is 1.81. The van der Waals surface area contributed by atoms with Crippen LogP contribution >= 0.6 is 11.3 Å². The highest BCUT2D eigenvalue weighted by molar-refractivity contribution is 7.09. The van der Waals surface area contributed by atoms with Crippen LogP contribution < -0.4 is 5.32 Å². The van der Waals surface area contributed by atoms with Crippen LogP contribution in [-0.2, 0) is 16.1 Å². The first-order valence-corrected chi connectivity index (χ1v) is 8.87. The van der Waals surface area contributed by atoms with E-state index in [1.807, 2.05) is 11.3 Å². The summed E-state index contributed by atoms with van der Waals surface area (Å²) < 4.78 is 6.00. The third-order valence-electron chi connectivity index (χ3n) is 4.89. The van der Waals surface area contributed by atoms with Gasteiger partial charge in [-0.05, 0) is 36.6 Å². The summed E-state index contributed by atoms with van der Waals surface area (Å²) in [7, 11) is 0. The van der Waals surface area contributed by atoms with Crippen LogP contribution in [0, 0.1) is 5.92 Å². The lowest BCUT2D eigenvalue weighted by Crippen LogP contribution is -2.37. The molecule has 4 rings (SSSR count). The average molecular weight is 306 g/mol. The zero-order chi connectivity index (χ0) is 14.2. The van der Waals surface area contributed by atoms with Gasteiger partial charge >= 0.3 is 0 Å². The van der Waals surface area contributed by atoms with Crippen molar-refractivity contribution in [3.8, 4) is 0 Å². The second-order valence-electron chi connectivity index (χ2n) is 6.49. The Morgan fingerprint density at radius 3 is 3.10 bits per heavy atom. The van der Waals surface area contributed by atoms with Gasteiger partial charge in [-0.1, -0.05) is 6.07 Å². The van der Waals surface area contributed by atoms with E-state index < -0.39 is 0 Å². The number of amides is 1. The lowest BCUT2D eigenvalue weighted by atomic mass is 10.1. The molecule has 1 aromatic rings. The van der Waals surface area contributed by atoms with Crippen molar-refractivity contribution in [1.29, 1.82) is 0 Å².